The van der Waals surface area contributed by atoms with Gasteiger partial charge in [0.2, 0.25) is 12.4 Å². The molecule has 0 aliphatic heterocycles. The largest absolute Gasteiger partial charge is 0.416 e. The van der Waals surface area contributed by atoms with E-state index in [2.05, 4.69) is 9.98 Å². The summed E-state index contributed by atoms with van der Waals surface area (Å²) in [7, 11) is 0. The lowest BCUT2D eigenvalue weighted by Gasteiger charge is -2.15. The molecule has 0 heterocycles. The topological polar surface area (TPSA) is 72.3 Å². The molecule has 0 radical (unpaired) electrons. The van der Waals surface area contributed by atoms with E-state index >= 15 is 0 Å². The van der Waals surface area contributed by atoms with Crippen molar-refractivity contribution >= 4 is 43.1 Å². The van der Waals surface area contributed by atoms with Gasteiger partial charge in [0.05, 0.1) is 16.3 Å². The molecule has 0 aliphatic carbocycles. The van der Waals surface area contributed by atoms with Crippen LogP contribution in [0.15, 0.2) is 107 Å². The first-order chi connectivity index (χ1) is 20.8. The Hall–Kier alpha value is -5.79. The molecule has 7 rings (SSSR count). The summed E-state index contributed by atoms with van der Waals surface area (Å²) in [6.07, 6.45) is -0.571. The van der Waals surface area contributed by atoms with Crippen molar-refractivity contribution in [1.82, 2.24) is 0 Å². The minimum atomic E-state index is -4.50. The van der Waals surface area contributed by atoms with Gasteiger partial charge in [-0.25, -0.2) is 0 Å². The molecular weight excluding hydrogens is 545 g/mol. The summed E-state index contributed by atoms with van der Waals surface area (Å²) in [4.78, 5) is 8.61. The minimum Gasteiger partial charge on any atom is -0.172 e. The number of aryl methyl sites for hydroxylation is 1. The summed E-state index contributed by atoms with van der Waals surface area (Å²) in [6, 6.07) is 28.3. The molecule has 0 atom stereocenters. The van der Waals surface area contributed by atoms with Crippen molar-refractivity contribution in [3.05, 3.63) is 119 Å². The molecule has 0 N–H and O–H groups in total. The lowest BCUT2D eigenvalue weighted by molar-refractivity contribution is -0.137. The molecule has 204 valence electrons. The maximum Gasteiger partial charge on any atom is 0.416 e. The lowest BCUT2D eigenvalue weighted by atomic mass is 9.87. The molecule has 43 heavy (non-hydrogen) atoms. The van der Waals surface area contributed by atoms with Crippen LogP contribution in [0.2, 0.25) is 0 Å². The third-order valence-corrected chi connectivity index (χ3v) is 8.04. The highest BCUT2D eigenvalue weighted by Crippen LogP contribution is 2.47. The molecule has 7 heteroatoms. The predicted octanol–water partition coefficient (Wildman–Crippen LogP) is 8.60. The van der Waals surface area contributed by atoms with Crippen molar-refractivity contribution in [3.8, 4) is 34.6 Å². The molecule has 7 aromatic rings. The van der Waals surface area contributed by atoms with Gasteiger partial charge in [-0.05, 0) is 41.0 Å². The molecule has 7 aromatic carbocycles. The van der Waals surface area contributed by atoms with E-state index in [9.17, 15) is 23.7 Å². The molecule has 0 aliphatic rings. The monoisotopic (exact) mass is 564 g/mol. The minimum absolute atomic E-state index is 0.447. The van der Waals surface area contributed by atoms with Gasteiger partial charge in [-0.2, -0.15) is 33.7 Å². The smallest absolute Gasteiger partial charge is 0.172 e. The van der Waals surface area contributed by atoms with E-state index in [0.29, 0.717) is 32.6 Å². The SMILES string of the molecule is Cc1ccc(-c2c3c(=NC#N)c4ccccc4c3c(-c3ccc(C(F)(F)F)cc3)c3c(=NC#N)c4ccccc4c23)cc1. The molecule has 0 saturated carbocycles. The normalized spacial score (nSPS) is 12.9. The average Bonchev–Trinajstić information content (AvgIpc) is 3.50. The average molecular weight is 565 g/mol. The van der Waals surface area contributed by atoms with Gasteiger partial charge in [0.1, 0.15) is 0 Å². The predicted molar refractivity (Wildman–Crippen MR) is 162 cm³/mol. The zero-order chi connectivity index (χ0) is 29.9. The molecule has 0 fully saturated rings. The number of benzene rings is 5. The van der Waals surface area contributed by atoms with E-state index < -0.39 is 11.7 Å². The van der Waals surface area contributed by atoms with Gasteiger partial charge in [0.25, 0.3) is 0 Å². The van der Waals surface area contributed by atoms with Crippen molar-refractivity contribution < 1.29 is 13.2 Å². The van der Waals surface area contributed by atoms with Gasteiger partial charge in [-0.15, -0.1) is 0 Å². The lowest BCUT2D eigenvalue weighted by Crippen LogP contribution is -2.05. The highest BCUT2D eigenvalue weighted by molar-refractivity contribution is 6.34. The van der Waals surface area contributed by atoms with Gasteiger partial charge in [0.15, 0.2) is 0 Å². The van der Waals surface area contributed by atoms with Crippen LogP contribution in [0.3, 0.4) is 0 Å². The Kier molecular flexibility index (Phi) is 5.86. The van der Waals surface area contributed by atoms with E-state index in [1.165, 1.54) is 12.1 Å². The number of hydrogen-bond donors (Lipinski definition) is 0. The van der Waals surface area contributed by atoms with Crippen LogP contribution in [0.4, 0.5) is 13.2 Å². The van der Waals surface area contributed by atoms with Crippen LogP contribution in [0.1, 0.15) is 11.1 Å². The molecule has 0 aromatic heterocycles. The Bertz CT molecular complexity index is 2440. The highest BCUT2D eigenvalue weighted by atomic mass is 19.4. The van der Waals surface area contributed by atoms with Gasteiger partial charge in [-0.1, -0.05) is 90.5 Å². The van der Waals surface area contributed by atoms with Gasteiger partial charge in [0, 0.05) is 43.4 Å². The number of nitriles is 2. The van der Waals surface area contributed by atoms with Gasteiger partial charge < -0.3 is 0 Å². The van der Waals surface area contributed by atoms with Crippen LogP contribution in [0.5, 0.6) is 0 Å². The Morgan fingerprint density at radius 3 is 1.33 bits per heavy atom. The van der Waals surface area contributed by atoms with E-state index in [4.69, 9.17) is 0 Å². The summed E-state index contributed by atoms with van der Waals surface area (Å²) in [6.45, 7) is 2.00. The maximum absolute atomic E-state index is 13.6. The summed E-state index contributed by atoms with van der Waals surface area (Å²) >= 11 is 0. The second kappa shape index (κ2) is 9.65. The van der Waals surface area contributed by atoms with Crippen molar-refractivity contribution in [3.63, 3.8) is 0 Å². The Labute approximate surface area is 243 Å². The fraction of sp³-hybridized carbons (Fsp3) is 0.0556. The van der Waals surface area contributed by atoms with E-state index in [0.717, 1.165) is 61.1 Å². The first kappa shape index (κ1) is 26.1. The van der Waals surface area contributed by atoms with Crippen LogP contribution in [0, 0.1) is 29.8 Å². The van der Waals surface area contributed by atoms with Crippen LogP contribution >= 0.6 is 0 Å². The van der Waals surface area contributed by atoms with Crippen LogP contribution in [-0.2, 0) is 6.18 Å². The Morgan fingerprint density at radius 1 is 0.535 bits per heavy atom. The van der Waals surface area contributed by atoms with Crippen molar-refractivity contribution in [2.75, 3.05) is 0 Å². The number of alkyl halides is 3. The molecule has 0 saturated heterocycles. The maximum atomic E-state index is 13.6. The first-order valence-corrected chi connectivity index (χ1v) is 13.5. The fourth-order valence-electron chi connectivity index (χ4n) is 6.30. The second-order valence-corrected chi connectivity index (χ2v) is 10.4. The quantitative estimate of drug-likeness (QED) is 0.197. The zero-order valence-corrected chi connectivity index (χ0v) is 22.7. The molecule has 0 bridgehead atoms. The van der Waals surface area contributed by atoms with Crippen molar-refractivity contribution in [2.45, 2.75) is 13.1 Å². The molecular formula is C36H19F3N4. The standard InChI is InChI=1S/C36H19F3N4/c1-20-10-12-21(13-11-20)28-30-24-6-2-4-8-26(24)35(43-19-41)33(30)29(22-14-16-23(17-15-22)36(37,38)39)31-25-7-3-5-9-27(25)34(32(28)31)42-18-40/h2-17H,1H3. The second-order valence-electron chi connectivity index (χ2n) is 10.4. The van der Waals surface area contributed by atoms with Crippen LogP contribution < -0.4 is 10.7 Å². The summed E-state index contributed by atoms with van der Waals surface area (Å²) in [5.74, 6) is 0. The number of hydrogen-bond acceptors (Lipinski definition) is 4. The number of rotatable bonds is 2. The fourth-order valence-corrected chi connectivity index (χ4v) is 6.30. The summed E-state index contributed by atoms with van der Waals surface area (Å²) in [5, 5.41) is 26.6. The van der Waals surface area contributed by atoms with Gasteiger partial charge in [-0.3, -0.25) is 0 Å². The Balaban J connectivity index is 1.87. The van der Waals surface area contributed by atoms with Crippen molar-refractivity contribution in [2.24, 2.45) is 9.98 Å². The summed E-state index contributed by atoms with van der Waals surface area (Å²) < 4.78 is 40.8. The highest BCUT2D eigenvalue weighted by Gasteiger charge is 2.31. The number of fused-ring (bicyclic) bond motifs is 6. The molecule has 0 amide bonds. The van der Waals surface area contributed by atoms with Crippen LogP contribution in [0.25, 0.3) is 65.3 Å². The Morgan fingerprint density at radius 2 is 0.930 bits per heavy atom. The molecule has 4 nitrogen and oxygen atoms in total. The first-order valence-electron chi connectivity index (χ1n) is 13.5. The van der Waals surface area contributed by atoms with E-state index in [1.807, 2.05) is 92.1 Å². The van der Waals surface area contributed by atoms with Crippen molar-refractivity contribution in [1.29, 1.82) is 10.5 Å². The third kappa shape index (κ3) is 3.90. The number of halogens is 3. The summed E-state index contributed by atoms with van der Waals surface area (Å²) in [5.41, 5.74) is 3.17. The number of nitrogens with zero attached hydrogens (tertiary/aromatic N) is 4. The van der Waals surface area contributed by atoms with Gasteiger partial charge >= 0.3 is 6.18 Å². The zero-order valence-electron chi connectivity index (χ0n) is 22.7. The van der Waals surface area contributed by atoms with E-state index in [-0.39, 0.29) is 0 Å². The van der Waals surface area contributed by atoms with Crippen LogP contribution in [-0.4, -0.2) is 0 Å². The third-order valence-electron chi connectivity index (χ3n) is 8.04. The van der Waals surface area contributed by atoms with E-state index in [1.54, 1.807) is 0 Å². The molecule has 0 unspecified atom stereocenters. The molecule has 0 spiro atoms.